The number of morpholine rings is 1. The number of hydrogen-bond donors (Lipinski definition) is 1. The third-order valence-electron chi connectivity index (χ3n) is 6.94. The quantitative estimate of drug-likeness (QED) is 0.590. The molecule has 3 fully saturated rings. The maximum Gasteiger partial charge on any atom is 0.193 e. The van der Waals surface area contributed by atoms with E-state index in [-0.39, 0.29) is 0 Å². The van der Waals surface area contributed by atoms with Gasteiger partial charge in [0.25, 0.3) is 0 Å². The zero-order chi connectivity index (χ0) is 17.7. The van der Waals surface area contributed by atoms with Crippen LogP contribution in [0.2, 0.25) is 0 Å². The summed E-state index contributed by atoms with van der Waals surface area (Å²) in [4.78, 5) is 9.75. The van der Waals surface area contributed by atoms with Crippen LogP contribution in [-0.2, 0) is 4.74 Å². The standard InChI is InChI=1S/C20H38N4O/c1-4-17(5-2)18(23-11-13-25-14-12-23)15-22-19(21-3)24-10-9-20(16-24)7-6-8-20/h17-18H,4-16H2,1-3H3,(H,21,22). The van der Waals surface area contributed by atoms with Crippen molar-refractivity contribution >= 4 is 5.96 Å². The third-order valence-corrected chi connectivity index (χ3v) is 6.94. The first-order valence-corrected chi connectivity index (χ1v) is 10.5. The number of likely N-dealkylation sites (tertiary alicyclic amines) is 1. The second-order valence-electron chi connectivity index (χ2n) is 8.25. The highest BCUT2D eigenvalue weighted by atomic mass is 16.5. The normalized spacial score (nSPS) is 25.4. The maximum absolute atomic E-state index is 5.57. The molecule has 0 aromatic carbocycles. The molecule has 3 rings (SSSR count). The molecule has 3 aliphatic rings. The summed E-state index contributed by atoms with van der Waals surface area (Å²) in [5.41, 5.74) is 0.622. The molecule has 0 radical (unpaired) electrons. The second-order valence-corrected chi connectivity index (χ2v) is 8.25. The highest BCUT2D eigenvalue weighted by Crippen LogP contribution is 2.47. The molecule has 1 saturated carbocycles. The van der Waals surface area contributed by atoms with E-state index in [1.165, 1.54) is 51.6 Å². The Hall–Kier alpha value is -0.810. The number of aliphatic imine (C=N–C) groups is 1. The van der Waals surface area contributed by atoms with Crippen LogP contribution in [0, 0.1) is 11.3 Å². The summed E-state index contributed by atoms with van der Waals surface area (Å²) >= 11 is 0. The van der Waals surface area contributed by atoms with Gasteiger partial charge < -0.3 is 15.0 Å². The Morgan fingerprint density at radius 3 is 2.36 bits per heavy atom. The fraction of sp³-hybridized carbons (Fsp3) is 0.950. The van der Waals surface area contributed by atoms with Gasteiger partial charge in [0.2, 0.25) is 0 Å². The van der Waals surface area contributed by atoms with Gasteiger partial charge >= 0.3 is 0 Å². The molecular weight excluding hydrogens is 312 g/mol. The highest BCUT2D eigenvalue weighted by molar-refractivity contribution is 5.80. The Morgan fingerprint density at radius 1 is 1.12 bits per heavy atom. The number of nitrogens with one attached hydrogen (secondary N) is 1. The van der Waals surface area contributed by atoms with Crippen LogP contribution in [0.1, 0.15) is 52.4 Å². The predicted molar refractivity (Wildman–Crippen MR) is 104 cm³/mol. The monoisotopic (exact) mass is 350 g/mol. The van der Waals surface area contributed by atoms with E-state index in [0.717, 1.165) is 44.7 Å². The summed E-state index contributed by atoms with van der Waals surface area (Å²) in [6.45, 7) is 11.9. The Labute approximate surface area is 154 Å². The molecule has 1 atom stereocenters. The molecule has 1 unspecified atom stereocenters. The van der Waals surface area contributed by atoms with Crippen LogP contribution in [0.25, 0.3) is 0 Å². The van der Waals surface area contributed by atoms with E-state index in [0.29, 0.717) is 11.5 Å². The zero-order valence-electron chi connectivity index (χ0n) is 16.6. The minimum atomic E-state index is 0.580. The van der Waals surface area contributed by atoms with E-state index in [4.69, 9.17) is 4.74 Å². The molecule has 5 heteroatoms. The Bertz CT molecular complexity index is 439. The van der Waals surface area contributed by atoms with Crippen molar-refractivity contribution in [1.82, 2.24) is 15.1 Å². The minimum absolute atomic E-state index is 0.580. The van der Waals surface area contributed by atoms with Crippen LogP contribution < -0.4 is 5.32 Å². The molecule has 1 spiro atoms. The number of ether oxygens (including phenoxy) is 1. The molecule has 2 saturated heterocycles. The lowest BCUT2D eigenvalue weighted by molar-refractivity contribution is 0.00259. The molecular formula is C20H38N4O. The largest absolute Gasteiger partial charge is 0.379 e. The van der Waals surface area contributed by atoms with E-state index in [2.05, 4.69) is 34.0 Å². The van der Waals surface area contributed by atoms with E-state index in [1.807, 2.05) is 7.05 Å². The third kappa shape index (κ3) is 4.30. The average Bonchev–Trinajstić information content (AvgIpc) is 3.08. The van der Waals surface area contributed by atoms with Crippen LogP contribution in [-0.4, -0.2) is 74.8 Å². The van der Waals surface area contributed by atoms with E-state index >= 15 is 0 Å². The van der Waals surface area contributed by atoms with Gasteiger partial charge in [0.1, 0.15) is 0 Å². The Morgan fingerprint density at radius 2 is 1.84 bits per heavy atom. The molecule has 0 aromatic rings. The van der Waals surface area contributed by atoms with Crippen LogP contribution in [0.4, 0.5) is 0 Å². The van der Waals surface area contributed by atoms with Crippen molar-refractivity contribution in [3.8, 4) is 0 Å². The lowest BCUT2D eigenvalue weighted by Gasteiger charge is -2.40. The molecule has 0 bridgehead atoms. The lowest BCUT2D eigenvalue weighted by atomic mass is 9.68. The van der Waals surface area contributed by atoms with Gasteiger partial charge in [0, 0.05) is 45.8 Å². The first-order chi connectivity index (χ1) is 12.2. The average molecular weight is 351 g/mol. The van der Waals surface area contributed by atoms with E-state index in [1.54, 1.807) is 0 Å². The first-order valence-electron chi connectivity index (χ1n) is 10.5. The smallest absolute Gasteiger partial charge is 0.193 e. The summed E-state index contributed by atoms with van der Waals surface area (Å²) in [5.74, 6) is 1.85. The maximum atomic E-state index is 5.57. The lowest BCUT2D eigenvalue weighted by Crippen LogP contribution is -2.53. The van der Waals surface area contributed by atoms with Crippen LogP contribution in [0.5, 0.6) is 0 Å². The summed E-state index contributed by atoms with van der Waals surface area (Å²) in [6, 6.07) is 0.580. The van der Waals surface area contributed by atoms with Crippen molar-refractivity contribution in [3.05, 3.63) is 0 Å². The van der Waals surface area contributed by atoms with Crippen molar-refractivity contribution < 1.29 is 4.74 Å². The van der Waals surface area contributed by atoms with Gasteiger partial charge in [-0.3, -0.25) is 9.89 Å². The Kier molecular flexibility index (Phi) is 6.61. The molecule has 144 valence electrons. The predicted octanol–water partition coefficient (Wildman–Crippen LogP) is 2.57. The summed E-state index contributed by atoms with van der Waals surface area (Å²) in [7, 11) is 1.94. The Balaban J connectivity index is 1.58. The number of nitrogens with zero attached hydrogens (tertiary/aromatic N) is 3. The van der Waals surface area contributed by atoms with Gasteiger partial charge in [-0.05, 0) is 30.6 Å². The highest BCUT2D eigenvalue weighted by Gasteiger charge is 2.43. The topological polar surface area (TPSA) is 40.1 Å². The summed E-state index contributed by atoms with van der Waals surface area (Å²) < 4.78 is 5.57. The van der Waals surface area contributed by atoms with Crippen LogP contribution in [0.15, 0.2) is 4.99 Å². The number of hydrogen-bond acceptors (Lipinski definition) is 3. The van der Waals surface area contributed by atoms with Crippen molar-refractivity contribution in [2.24, 2.45) is 16.3 Å². The SMILES string of the molecule is CCC(CC)C(CNC(=NC)N1CCC2(CCC2)C1)N1CCOCC1. The molecule has 2 heterocycles. The molecule has 2 aliphatic heterocycles. The van der Waals surface area contributed by atoms with Gasteiger partial charge in [0.15, 0.2) is 5.96 Å². The van der Waals surface area contributed by atoms with Gasteiger partial charge in [-0.25, -0.2) is 0 Å². The molecule has 1 N–H and O–H groups in total. The number of rotatable bonds is 6. The van der Waals surface area contributed by atoms with E-state index < -0.39 is 0 Å². The molecule has 0 amide bonds. The van der Waals surface area contributed by atoms with Crippen molar-refractivity contribution in [2.45, 2.75) is 58.4 Å². The summed E-state index contributed by atoms with van der Waals surface area (Å²) in [5, 5.41) is 3.74. The first kappa shape index (κ1) is 19.0. The molecule has 25 heavy (non-hydrogen) atoms. The number of guanidine groups is 1. The van der Waals surface area contributed by atoms with Crippen LogP contribution >= 0.6 is 0 Å². The van der Waals surface area contributed by atoms with Gasteiger partial charge in [-0.15, -0.1) is 0 Å². The van der Waals surface area contributed by atoms with E-state index in [9.17, 15) is 0 Å². The molecule has 1 aliphatic carbocycles. The van der Waals surface area contributed by atoms with Crippen molar-refractivity contribution in [2.75, 3.05) is 53.0 Å². The molecule has 5 nitrogen and oxygen atoms in total. The zero-order valence-corrected chi connectivity index (χ0v) is 16.6. The second kappa shape index (κ2) is 8.72. The van der Waals surface area contributed by atoms with Gasteiger partial charge in [0.05, 0.1) is 13.2 Å². The van der Waals surface area contributed by atoms with Gasteiger partial charge in [-0.1, -0.05) is 33.1 Å². The van der Waals surface area contributed by atoms with Crippen molar-refractivity contribution in [3.63, 3.8) is 0 Å². The minimum Gasteiger partial charge on any atom is -0.379 e. The fourth-order valence-electron chi connectivity index (χ4n) is 5.06. The molecule has 0 aromatic heterocycles. The van der Waals surface area contributed by atoms with Crippen LogP contribution in [0.3, 0.4) is 0 Å². The summed E-state index contributed by atoms with van der Waals surface area (Å²) in [6.07, 6.45) is 8.10. The fourth-order valence-corrected chi connectivity index (χ4v) is 5.06. The van der Waals surface area contributed by atoms with Crippen molar-refractivity contribution in [1.29, 1.82) is 0 Å². The van der Waals surface area contributed by atoms with Gasteiger partial charge in [-0.2, -0.15) is 0 Å².